The van der Waals surface area contributed by atoms with Gasteiger partial charge in [-0.15, -0.1) is 0 Å². The van der Waals surface area contributed by atoms with E-state index in [0.29, 0.717) is 0 Å². The van der Waals surface area contributed by atoms with E-state index in [2.05, 4.69) is 27.8 Å². The van der Waals surface area contributed by atoms with Crippen molar-refractivity contribution in [2.45, 2.75) is 46.5 Å². The smallest absolute Gasteiger partial charge is 0.0788 e. The second-order valence-electron chi connectivity index (χ2n) is 5.31. The Morgan fingerprint density at radius 3 is 1.94 bits per heavy atom. The molecule has 0 aliphatic rings. The topological polar surface area (TPSA) is 9.23 Å². The first-order valence-electron chi connectivity index (χ1n) is 6.94. The van der Waals surface area contributed by atoms with Crippen LogP contribution in [0, 0.1) is 5.92 Å². The Kier molecular flexibility index (Phi) is 8.96. The summed E-state index contributed by atoms with van der Waals surface area (Å²) < 4.78 is 6.52. The largest absolute Gasteiger partial charge is 0.384 e. The van der Waals surface area contributed by atoms with E-state index in [1.54, 1.807) is 0 Å². The van der Waals surface area contributed by atoms with Gasteiger partial charge in [0, 0.05) is 20.1 Å². The van der Waals surface area contributed by atoms with Gasteiger partial charge >= 0.3 is 0 Å². The van der Waals surface area contributed by atoms with Gasteiger partial charge in [0.2, 0.25) is 0 Å². The summed E-state index contributed by atoms with van der Waals surface area (Å²) in [5, 5.41) is 0. The van der Waals surface area contributed by atoms with E-state index >= 15 is 0 Å². The summed E-state index contributed by atoms with van der Waals surface area (Å²) >= 11 is 0. The molecule has 0 aromatic rings. The zero-order valence-corrected chi connectivity index (χ0v) is 12.1. The highest BCUT2D eigenvalue weighted by Gasteiger charge is 2.20. The average Bonchev–Trinajstić information content (AvgIpc) is 2.25. The minimum absolute atomic E-state index is 0.746. The van der Waals surface area contributed by atoms with Crippen LogP contribution in [0.25, 0.3) is 0 Å². The molecule has 0 aliphatic heterocycles. The van der Waals surface area contributed by atoms with Gasteiger partial charge < -0.3 is 9.22 Å². The fourth-order valence-electron chi connectivity index (χ4n) is 2.55. The summed E-state index contributed by atoms with van der Waals surface area (Å²) in [6, 6.07) is 0. The maximum atomic E-state index is 5.27. The van der Waals surface area contributed by atoms with Gasteiger partial charge in [0.1, 0.15) is 0 Å². The van der Waals surface area contributed by atoms with Gasteiger partial charge in [-0.05, 0) is 18.8 Å². The van der Waals surface area contributed by atoms with E-state index in [9.17, 15) is 0 Å². The van der Waals surface area contributed by atoms with Crippen LogP contribution >= 0.6 is 0 Å². The van der Waals surface area contributed by atoms with Gasteiger partial charge in [-0.3, -0.25) is 0 Å². The highest BCUT2D eigenvalue weighted by Crippen LogP contribution is 2.14. The van der Waals surface area contributed by atoms with Crippen molar-refractivity contribution in [1.82, 2.24) is 0 Å². The second kappa shape index (κ2) is 9.00. The van der Waals surface area contributed by atoms with E-state index in [-0.39, 0.29) is 0 Å². The van der Waals surface area contributed by atoms with Crippen LogP contribution in [0.5, 0.6) is 0 Å². The zero-order valence-electron chi connectivity index (χ0n) is 12.1. The quantitative estimate of drug-likeness (QED) is 0.523. The molecular weight excluding hydrogens is 198 g/mol. The Labute approximate surface area is 103 Å². The van der Waals surface area contributed by atoms with Crippen LogP contribution in [0.1, 0.15) is 46.5 Å². The molecule has 0 radical (unpaired) electrons. The third kappa shape index (κ3) is 6.49. The molecule has 2 heteroatoms. The first-order valence-corrected chi connectivity index (χ1v) is 6.94. The molecule has 98 valence electrons. The maximum Gasteiger partial charge on any atom is 0.0788 e. The normalized spacial score (nSPS) is 14.1. The first-order chi connectivity index (χ1) is 7.61. The predicted molar refractivity (Wildman–Crippen MR) is 71.6 cm³/mol. The molecule has 0 spiro atoms. The van der Waals surface area contributed by atoms with Crippen LogP contribution < -0.4 is 0 Å². The highest BCUT2D eigenvalue weighted by molar-refractivity contribution is 4.56. The van der Waals surface area contributed by atoms with Gasteiger partial charge in [0.15, 0.2) is 0 Å². The lowest BCUT2D eigenvalue weighted by atomic mass is 10.0. The molecule has 0 bridgehead atoms. The lowest BCUT2D eigenvalue weighted by Gasteiger charge is -2.35. The van der Waals surface area contributed by atoms with Gasteiger partial charge in [-0.1, -0.05) is 27.2 Å². The molecule has 0 amide bonds. The van der Waals surface area contributed by atoms with Gasteiger partial charge in [-0.25, -0.2) is 0 Å². The fraction of sp³-hybridized carbons (Fsp3) is 1.00. The number of rotatable bonds is 10. The van der Waals surface area contributed by atoms with Gasteiger partial charge in [0.25, 0.3) is 0 Å². The summed E-state index contributed by atoms with van der Waals surface area (Å²) in [4.78, 5) is 0. The molecule has 0 N–H and O–H groups in total. The molecule has 1 atom stereocenters. The second-order valence-corrected chi connectivity index (χ2v) is 5.31. The maximum absolute atomic E-state index is 5.27. The Balaban J connectivity index is 4.07. The van der Waals surface area contributed by atoms with Crippen LogP contribution in [0.4, 0.5) is 0 Å². The Hall–Kier alpha value is -0.0800. The van der Waals surface area contributed by atoms with Gasteiger partial charge in [-0.2, -0.15) is 0 Å². The van der Waals surface area contributed by atoms with Crippen LogP contribution in [0.2, 0.25) is 0 Å². The van der Waals surface area contributed by atoms with E-state index in [1.807, 2.05) is 7.11 Å². The van der Waals surface area contributed by atoms with Crippen molar-refractivity contribution in [2.75, 3.05) is 40.4 Å². The van der Waals surface area contributed by atoms with Crippen molar-refractivity contribution < 1.29 is 9.22 Å². The van der Waals surface area contributed by atoms with E-state index < -0.39 is 0 Å². The van der Waals surface area contributed by atoms with E-state index in [4.69, 9.17) is 4.74 Å². The number of quaternary nitrogens is 1. The highest BCUT2D eigenvalue weighted by atomic mass is 16.5. The molecular formula is C14H32NO+. The summed E-state index contributed by atoms with van der Waals surface area (Å²) in [6.45, 7) is 11.7. The van der Waals surface area contributed by atoms with Crippen molar-refractivity contribution in [3.63, 3.8) is 0 Å². The number of nitrogens with zero attached hydrogens (tertiary/aromatic N) is 1. The third-order valence-corrected chi connectivity index (χ3v) is 3.58. The molecule has 1 unspecified atom stereocenters. The molecule has 0 aromatic carbocycles. The third-order valence-electron chi connectivity index (χ3n) is 3.58. The molecule has 16 heavy (non-hydrogen) atoms. The average molecular weight is 230 g/mol. The minimum Gasteiger partial charge on any atom is -0.384 e. The van der Waals surface area contributed by atoms with Crippen molar-refractivity contribution in [3.8, 4) is 0 Å². The standard InChI is InChI=1S/C14H32NO/c1-6-10-15(4,11-7-2)12-9-14(8-3)13-16-5/h14H,6-13H2,1-5H3/q+1. The summed E-state index contributed by atoms with van der Waals surface area (Å²) in [7, 11) is 4.22. The Bertz CT molecular complexity index is 153. The minimum atomic E-state index is 0.746. The van der Waals surface area contributed by atoms with E-state index in [1.165, 1.54) is 49.8 Å². The molecule has 0 rings (SSSR count). The van der Waals surface area contributed by atoms with E-state index in [0.717, 1.165) is 12.5 Å². The molecule has 0 saturated carbocycles. The van der Waals surface area contributed by atoms with Crippen molar-refractivity contribution in [3.05, 3.63) is 0 Å². The molecule has 0 aromatic heterocycles. The first kappa shape index (κ1) is 15.9. The Morgan fingerprint density at radius 2 is 1.56 bits per heavy atom. The summed E-state index contributed by atoms with van der Waals surface area (Å²) in [5.41, 5.74) is 0. The lowest BCUT2D eigenvalue weighted by molar-refractivity contribution is -0.910. The van der Waals surface area contributed by atoms with Gasteiger partial charge in [0.05, 0.1) is 26.7 Å². The number of ether oxygens (including phenoxy) is 1. The van der Waals surface area contributed by atoms with Crippen molar-refractivity contribution >= 4 is 0 Å². The lowest BCUT2D eigenvalue weighted by Crippen LogP contribution is -2.46. The Morgan fingerprint density at radius 1 is 1.00 bits per heavy atom. The summed E-state index contributed by atoms with van der Waals surface area (Å²) in [5.74, 6) is 0.746. The molecule has 0 aliphatic carbocycles. The molecule has 0 heterocycles. The summed E-state index contributed by atoms with van der Waals surface area (Å²) in [6.07, 6.45) is 5.13. The van der Waals surface area contributed by atoms with Crippen LogP contribution in [0.15, 0.2) is 0 Å². The molecule has 0 saturated heterocycles. The number of hydrogen-bond donors (Lipinski definition) is 0. The number of methoxy groups -OCH3 is 1. The molecule has 0 fully saturated rings. The zero-order chi connectivity index (χ0) is 12.4. The SMILES string of the molecule is CCC[N+](C)(CCC)CCC(CC)COC. The number of hydrogen-bond acceptors (Lipinski definition) is 1. The van der Waals surface area contributed by atoms with Crippen LogP contribution in [0.3, 0.4) is 0 Å². The van der Waals surface area contributed by atoms with Crippen LogP contribution in [-0.2, 0) is 4.74 Å². The molecule has 2 nitrogen and oxygen atoms in total. The monoisotopic (exact) mass is 230 g/mol. The van der Waals surface area contributed by atoms with Crippen molar-refractivity contribution in [2.24, 2.45) is 5.92 Å². The fourth-order valence-corrected chi connectivity index (χ4v) is 2.55. The van der Waals surface area contributed by atoms with Crippen LogP contribution in [-0.4, -0.2) is 44.9 Å². The predicted octanol–water partition coefficient (Wildman–Crippen LogP) is 3.32. The van der Waals surface area contributed by atoms with Crippen molar-refractivity contribution in [1.29, 1.82) is 0 Å².